The van der Waals surface area contributed by atoms with E-state index in [0.717, 1.165) is 36.8 Å². The maximum absolute atomic E-state index is 5.83. The Bertz CT molecular complexity index is 887. The van der Waals surface area contributed by atoms with Crippen molar-refractivity contribution in [1.82, 2.24) is 9.55 Å². The molecule has 0 N–H and O–H groups in total. The number of benzene rings is 2. The average molecular weight is 349 g/mol. The fraction of sp³-hybridized carbons (Fsp3) is 0.286. The molecule has 0 aliphatic carbocycles. The molecule has 2 heterocycles. The lowest BCUT2D eigenvalue weighted by Crippen LogP contribution is -2.19. The fourth-order valence-electron chi connectivity index (χ4n) is 3.33. The minimum absolute atomic E-state index is 0.476. The maximum atomic E-state index is 5.83. The van der Waals surface area contributed by atoms with E-state index >= 15 is 0 Å². The predicted octanol–water partition coefficient (Wildman–Crippen LogP) is 3.57. The average Bonchev–Trinajstić information content (AvgIpc) is 3.27. The van der Waals surface area contributed by atoms with Gasteiger partial charge in [-0.3, -0.25) is 0 Å². The van der Waals surface area contributed by atoms with Crippen LogP contribution >= 0.6 is 0 Å². The number of anilines is 1. The van der Waals surface area contributed by atoms with Crippen LogP contribution in [0.2, 0.25) is 0 Å². The minimum Gasteiger partial charge on any atom is -0.497 e. The van der Waals surface area contributed by atoms with Crippen LogP contribution in [0.25, 0.3) is 0 Å². The Balaban J connectivity index is 1.39. The summed E-state index contributed by atoms with van der Waals surface area (Å²) in [7, 11) is 3.68. The van der Waals surface area contributed by atoms with Gasteiger partial charge in [-0.25, -0.2) is 4.98 Å². The molecule has 1 aromatic heterocycles. The molecule has 0 radical (unpaired) electrons. The Morgan fingerprint density at radius 2 is 1.88 bits per heavy atom. The smallest absolute Gasteiger partial charge is 0.146 e. The number of imidazole rings is 1. The topological polar surface area (TPSA) is 39.5 Å². The molecule has 5 nitrogen and oxygen atoms in total. The van der Waals surface area contributed by atoms with Crippen molar-refractivity contribution in [3.8, 4) is 11.5 Å². The highest BCUT2D eigenvalue weighted by Crippen LogP contribution is 2.32. The van der Waals surface area contributed by atoms with Crippen molar-refractivity contribution in [1.29, 1.82) is 0 Å². The number of hydrogen-bond donors (Lipinski definition) is 0. The molecule has 0 fully saturated rings. The van der Waals surface area contributed by atoms with Crippen LogP contribution in [0.4, 0.5) is 5.69 Å². The molecule has 1 aliphatic rings. The first kappa shape index (κ1) is 16.5. The summed E-state index contributed by atoms with van der Waals surface area (Å²) >= 11 is 0. The van der Waals surface area contributed by atoms with E-state index < -0.39 is 0 Å². The third-order valence-corrected chi connectivity index (χ3v) is 4.86. The molecule has 4 rings (SSSR count). The molecule has 0 unspecified atom stereocenters. The summed E-state index contributed by atoms with van der Waals surface area (Å²) in [5.74, 6) is 2.71. The van der Waals surface area contributed by atoms with Crippen LogP contribution in [0.3, 0.4) is 0 Å². The van der Waals surface area contributed by atoms with Crippen molar-refractivity contribution in [3.05, 3.63) is 71.8 Å². The molecule has 1 aliphatic heterocycles. The lowest BCUT2D eigenvalue weighted by Gasteiger charge is -2.20. The second-order valence-electron chi connectivity index (χ2n) is 6.55. The highest BCUT2D eigenvalue weighted by Gasteiger charge is 2.19. The van der Waals surface area contributed by atoms with Crippen molar-refractivity contribution >= 4 is 5.69 Å². The third kappa shape index (κ3) is 3.38. The Hall–Kier alpha value is -2.95. The summed E-state index contributed by atoms with van der Waals surface area (Å²) in [5.41, 5.74) is 3.94. The molecule has 5 heteroatoms. The molecular weight excluding hydrogens is 326 g/mol. The van der Waals surface area contributed by atoms with Crippen LogP contribution in [0, 0.1) is 0 Å². The number of rotatable bonds is 6. The molecule has 134 valence electrons. The molecule has 26 heavy (non-hydrogen) atoms. The van der Waals surface area contributed by atoms with E-state index in [2.05, 4.69) is 34.1 Å². The van der Waals surface area contributed by atoms with Gasteiger partial charge in [-0.15, -0.1) is 0 Å². The van der Waals surface area contributed by atoms with Crippen LogP contribution in [-0.4, -0.2) is 23.2 Å². The highest BCUT2D eigenvalue weighted by molar-refractivity contribution is 5.60. The molecular formula is C21H23N3O2. The fourth-order valence-corrected chi connectivity index (χ4v) is 3.33. The molecule has 0 atom stereocenters. The van der Waals surface area contributed by atoms with Gasteiger partial charge in [0.05, 0.1) is 7.11 Å². The lowest BCUT2D eigenvalue weighted by atomic mass is 10.1. The van der Waals surface area contributed by atoms with Gasteiger partial charge in [0.15, 0.2) is 0 Å². The van der Waals surface area contributed by atoms with Gasteiger partial charge in [0.1, 0.15) is 23.9 Å². The summed E-state index contributed by atoms with van der Waals surface area (Å²) in [6.07, 6.45) is 4.77. The number of aryl methyl sites for hydroxylation is 1. The zero-order valence-electron chi connectivity index (χ0n) is 15.2. The van der Waals surface area contributed by atoms with Gasteiger partial charge < -0.3 is 18.9 Å². The Labute approximate surface area is 153 Å². The van der Waals surface area contributed by atoms with E-state index in [4.69, 9.17) is 9.47 Å². The summed E-state index contributed by atoms with van der Waals surface area (Å²) in [6.45, 7) is 2.42. The van der Waals surface area contributed by atoms with Crippen LogP contribution in [0.1, 0.15) is 17.0 Å². The molecule has 2 aromatic carbocycles. The zero-order valence-corrected chi connectivity index (χ0v) is 15.2. The second-order valence-corrected chi connectivity index (χ2v) is 6.55. The van der Waals surface area contributed by atoms with Crippen molar-refractivity contribution < 1.29 is 9.47 Å². The van der Waals surface area contributed by atoms with E-state index in [9.17, 15) is 0 Å². The summed E-state index contributed by atoms with van der Waals surface area (Å²) in [4.78, 5) is 6.69. The van der Waals surface area contributed by atoms with Crippen LogP contribution in [-0.2, 0) is 26.6 Å². The lowest BCUT2D eigenvalue weighted by molar-refractivity contribution is 0.291. The number of hydrogen-bond acceptors (Lipinski definition) is 4. The largest absolute Gasteiger partial charge is 0.497 e. The van der Waals surface area contributed by atoms with E-state index in [-0.39, 0.29) is 0 Å². The van der Waals surface area contributed by atoms with E-state index in [0.29, 0.717) is 6.61 Å². The highest BCUT2D eigenvalue weighted by atomic mass is 16.5. The first-order valence-corrected chi connectivity index (χ1v) is 8.83. The van der Waals surface area contributed by atoms with Crippen molar-refractivity contribution in [2.24, 2.45) is 7.05 Å². The van der Waals surface area contributed by atoms with Crippen molar-refractivity contribution in [2.75, 3.05) is 18.6 Å². The first-order valence-electron chi connectivity index (χ1n) is 8.83. The minimum atomic E-state index is 0.476. The molecule has 3 aromatic rings. The van der Waals surface area contributed by atoms with E-state index in [1.807, 2.05) is 36.0 Å². The van der Waals surface area contributed by atoms with Gasteiger partial charge in [0.2, 0.25) is 0 Å². The first-order chi connectivity index (χ1) is 12.7. The molecule has 0 spiro atoms. The summed E-state index contributed by atoms with van der Waals surface area (Å²) < 4.78 is 13.1. The van der Waals surface area contributed by atoms with Gasteiger partial charge in [-0.2, -0.15) is 0 Å². The quantitative estimate of drug-likeness (QED) is 0.682. The molecule has 0 saturated carbocycles. The summed E-state index contributed by atoms with van der Waals surface area (Å²) in [5, 5.41) is 0. The van der Waals surface area contributed by atoms with Gasteiger partial charge in [0.25, 0.3) is 0 Å². The van der Waals surface area contributed by atoms with Crippen molar-refractivity contribution in [3.63, 3.8) is 0 Å². The number of nitrogens with zero attached hydrogens (tertiary/aromatic N) is 3. The van der Waals surface area contributed by atoms with E-state index in [1.54, 1.807) is 13.3 Å². The van der Waals surface area contributed by atoms with Gasteiger partial charge in [0, 0.05) is 38.2 Å². The number of aromatic nitrogens is 2. The van der Waals surface area contributed by atoms with Crippen LogP contribution in [0.15, 0.2) is 54.9 Å². The third-order valence-electron chi connectivity index (χ3n) is 4.86. The molecule has 0 saturated heterocycles. The standard InChI is InChI=1S/C21H23N3O2/c1-23-12-10-22-21(23)15-26-18-5-3-16(4-6-18)14-24-11-9-17-13-19(25-2)7-8-20(17)24/h3-8,10,12-13H,9,11,14-15H2,1-2H3. The number of methoxy groups -OCH3 is 1. The van der Waals surface area contributed by atoms with Gasteiger partial charge in [-0.1, -0.05) is 12.1 Å². The normalized spacial score (nSPS) is 12.9. The van der Waals surface area contributed by atoms with Gasteiger partial charge in [-0.05, 0) is 47.9 Å². The van der Waals surface area contributed by atoms with Crippen LogP contribution < -0.4 is 14.4 Å². The molecule has 0 bridgehead atoms. The predicted molar refractivity (Wildman–Crippen MR) is 102 cm³/mol. The maximum Gasteiger partial charge on any atom is 0.146 e. The Morgan fingerprint density at radius 3 is 2.62 bits per heavy atom. The van der Waals surface area contributed by atoms with Crippen molar-refractivity contribution in [2.45, 2.75) is 19.6 Å². The zero-order chi connectivity index (χ0) is 17.9. The Morgan fingerprint density at radius 1 is 1.08 bits per heavy atom. The molecule has 0 amide bonds. The SMILES string of the molecule is COc1ccc2c(c1)CCN2Cc1ccc(OCc2nccn2C)cc1. The Kier molecular flexibility index (Phi) is 4.52. The number of ether oxygens (including phenoxy) is 2. The van der Waals surface area contributed by atoms with Gasteiger partial charge >= 0.3 is 0 Å². The number of fused-ring (bicyclic) bond motifs is 1. The summed E-state index contributed by atoms with van der Waals surface area (Å²) in [6, 6.07) is 14.7. The monoisotopic (exact) mass is 349 g/mol. The van der Waals surface area contributed by atoms with E-state index in [1.165, 1.54) is 16.8 Å². The van der Waals surface area contributed by atoms with Crippen LogP contribution in [0.5, 0.6) is 11.5 Å². The second kappa shape index (κ2) is 7.12.